The van der Waals surface area contributed by atoms with Gasteiger partial charge in [-0.05, 0) is 36.2 Å². The molecule has 0 aliphatic heterocycles. The van der Waals surface area contributed by atoms with Crippen LogP contribution in [0.1, 0.15) is 5.56 Å². The zero-order valence-corrected chi connectivity index (χ0v) is 11.5. The Bertz CT molecular complexity index is 734. The summed E-state index contributed by atoms with van der Waals surface area (Å²) in [6.45, 7) is 0.786. The van der Waals surface area contributed by atoms with E-state index in [9.17, 15) is 5.11 Å². The predicted octanol–water partition coefficient (Wildman–Crippen LogP) is 2.48. The van der Waals surface area contributed by atoms with Crippen molar-refractivity contribution in [3.8, 4) is 17.0 Å². The highest BCUT2D eigenvalue weighted by atomic mass is 16.3. The maximum absolute atomic E-state index is 9.30. The van der Waals surface area contributed by atoms with E-state index < -0.39 is 0 Å². The molecule has 106 valence electrons. The van der Waals surface area contributed by atoms with Crippen LogP contribution in [0.15, 0.2) is 55.1 Å². The first-order chi connectivity index (χ1) is 10.2. The zero-order valence-electron chi connectivity index (χ0n) is 11.5. The Kier molecular flexibility index (Phi) is 3.55. The molecule has 2 heterocycles. The van der Waals surface area contributed by atoms with E-state index in [4.69, 9.17) is 5.73 Å². The smallest absolute Gasteiger partial charge is 0.132 e. The summed E-state index contributed by atoms with van der Waals surface area (Å²) in [5.41, 5.74) is 8.93. The van der Waals surface area contributed by atoms with Crippen molar-refractivity contribution in [2.45, 2.75) is 13.0 Å². The zero-order chi connectivity index (χ0) is 14.7. The molecule has 21 heavy (non-hydrogen) atoms. The SMILES string of the molecule is Nc1ncccc1-c1cncn1CCc1ccc(O)cc1. The van der Waals surface area contributed by atoms with Gasteiger partial charge >= 0.3 is 0 Å². The second kappa shape index (κ2) is 5.66. The van der Waals surface area contributed by atoms with Crippen molar-refractivity contribution < 1.29 is 5.11 Å². The number of nitrogens with two attached hydrogens (primary N) is 1. The molecule has 5 nitrogen and oxygen atoms in total. The lowest BCUT2D eigenvalue weighted by Crippen LogP contribution is -2.03. The lowest BCUT2D eigenvalue weighted by Gasteiger charge is -2.09. The van der Waals surface area contributed by atoms with Gasteiger partial charge in [-0.3, -0.25) is 0 Å². The molecule has 3 N–H and O–H groups in total. The van der Waals surface area contributed by atoms with Crippen molar-refractivity contribution in [1.29, 1.82) is 0 Å². The first-order valence-electron chi connectivity index (χ1n) is 6.73. The molecule has 0 spiro atoms. The normalized spacial score (nSPS) is 10.7. The molecule has 0 atom stereocenters. The Labute approximate surface area is 122 Å². The Balaban J connectivity index is 1.80. The topological polar surface area (TPSA) is 77.0 Å². The Morgan fingerprint density at radius 3 is 2.71 bits per heavy atom. The van der Waals surface area contributed by atoms with Crippen LogP contribution in [0, 0.1) is 0 Å². The van der Waals surface area contributed by atoms with Crippen molar-refractivity contribution in [2.75, 3.05) is 5.73 Å². The summed E-state index contributed by atoms with van der Waals surface area (Å²) in [6, 6.07) is 11.0. The second-order valence-electron chi connectivity index (χ2n) is 4.82. The fourth-order valence-electron chi connectivity index (χ4n) is 2.27. The maximum Gasteiger partial charge on any atom is 0.132 e. The highest BCUT2D eigenvalue weighted by Crippen LogP contribution is 2.23. The summed E-state index contributed by atoms with van der Waals surface area (Å²) in [5, 5.41) is 9.30. The summed E-state index contributed by atoms with van der Waals surface area (Å²) in [4.78, 5) is 8.32. The van der Waals surface area contributed by atoms with Gasteiger partial charge in [-0.15, -0.1) is 0 Å². The first-order valence-corrected chi connectivity index (χ1v) is 6.73. The van der Waals surface area contributed by atoms with E-state index in [1.807, 2.05) is 24.3 Å². The van der Waals surface area contributed by atoms with E-state index in [1.54, 1.807) is 30.9 Å². The van der Waals surface area contributed by atoms with Gasteiger partial charge < -0.3 is 15.4 Å². The predicted molar refractivity (Wildman–Crippen MR) is 81.7 cm³/mol. The Hall–Kier alpha value is -2.82. The molecule has 1 aromatic carbocycles. The van der Waals surface area contributed by atoms with Gasteiger partial charge in [-0.2, -0.15) is 0 Å². The van der Waals surface area contributed by atoms with E-state index >= 15 is 0 Å². The molecule has 3 rings (SSSR count). The quantitative estimate of drug-likeness (QED) is 0.769. The molecule has 2 aromatic heterocycles. The number of phenols is 1. The third-order valence-electron chi connectivity index (χ3n) is 3.40. The molecular formula is C16H16N4O. The summed E-state index contributed by atoms with van der Waals surface area (Å²) in [5.74, 6) is 0.786. The van der Waals surface area contributed by atoms with Crippen molar-refractivity contribution >= 4 is 5.82 Å². The molecule has 0 radical (unpaired) electrons. The van der Waals surface area contributed by atoms with Crippen LogP contribution in [0.25, 0.3) is 11.3 Å². The number of aryl methyl sites for hydroxylation is 2. The van der Waals surface area contributed by atoms with E-state index in [0.717, 1.165) is 29.8 Å². The lowest BCUT2D eigenvalue weighted by atomic mass is 10.1. The minimum absolute atomic E-state index is 0.283. The van der Waals surface area contributed by atoms with Crippen LogP contribution in [0.3, 0.4) is 0 Å². The fourth-order valence-corrected chi connectivity index (χ4v) is 2.27. The third kappa shape index (κ3) is 2.86. The molecule has 0 saturated carbocycles. The molecule has 0 aliphatic carbocycles. The van der Waals surface area contributed by atoms with E-state index in [-0.39, 0.29) is 5.75 Å². The average Bonchev–Trinajstić information content (AvgIpc) is 2.95. The molecule has 5 heteroatoms. The van der Waals surface area contributed by atoms with Gasteiger partial charge in [0.1, 0.15) is 11.6 Å². The lowest BCUT2D eigenvalue weighted by molar-refractivity contribution is 0.475. The number of pyridine rings is 1. The number of rotatable bonds is 4. The van der Waals surface area contributed by atoms with Crippen LogP contribution in [0.5, 0.6) is 5.75 Å². The van der Waals surface area contributed by atoms with Crippen LogP contribution < -0.4 is 5.73 Å². The van der Waals surface area contributed by atoms with Crippen LogP contribution in [-0.2, 0) is 13.0 Å². The maximum atomic E-state index is 9.30. The Morgan fingerprint density at radius 2 is 1.95 bits per heavy atom. The first kappa shape index (κ1) is 13.2. The Morgan fingerprint density at radius 1 is 1.14 bits per heavy atom. The highest BCUT2D eigenvalue weighted by Gasteiger charge is 2.08. The van der Waals surface area contributed by atoms with Crippen LogP contribution in [-0.4, -0.2) is 19.6 Å². The van der Waals surface area contributed by atoms with Gasteiger partial charge in [0.25, 0.3) is 0 Å². The van der Waals surface area contributed by atoms with E-state index in [0.29, 0.717) is 5.82 Å². The molecule has 0 bridgehead atoms. The molecule has 3 aromatic rings. The monoisotopic (exact) mass is 280 g/mol. The summed E-state index contributed by atoms with van der Waals surface area (Å²) in [6.07, 6.45) is 6.12. The number of hydrogen-bond acceptors (Lipinski definition) is 4. The molecule has 0 aliphatic rings. The van der Waals surface area contributed by atoms with Gasteiger partial charge in [-0.1, -0.05) is 12.1 Å². The third-order valence-corrected chi connectivity index (χ3v) is 3.40. The van der Waals surface area contributed by atoms with Crippen molar-refractivity contribution in [3.63, 3.8) is 0 Å². The molecular weight excluding hydrogens is 264 g/mol. The molecule has 0 amide bonds. The van der Waals surface area contributed by atoms with E-state index in [1.165, 1.54) is 0 Å². The van der Waals surface area contributed by atoms with Gasteiger partial charge in [0.15, 0.2) is 0 Å². The van der Waals surface area contributed by atoms with Gasteiger partial charge in [0, 0.05) is 18.3 Å². The fraction of sp³-hybridized carbons (Fsp3) is 0.125. The van der Waals surface area contributed by atoms with Crippen LogP contribution in [0.2, 0.25) is 0 Å². The number of aromatic hydroxyl groups is 1. The minimum Gasteiger partial charge on any atom is -0.508 e. The number of imidazole rings is 1. The number of benzene rings is 1. The highest BCUT2D eigenvalue weighted by molar-refractivity contribution is 5.70. The number of anilines is 1. The van der Waals surface area contributed by atoms with Gasteiger partial charge in [0.05, 0.1) is 18.2 Å². The van der Waals surface area contributed by atoms with Crippen molar-refractivity contribution in [1.82, 2.24) is 14.5 Å². The number of nitrogens with zero attached hydrogens (tertiary/aromatic N) is 3. The number of aromatic nitrogens is 3. The van der Waals surface area contributed by atoms with Crippen LogP contribution in [0.4, 0.5) is 5.82 Å². The van der Waals surface area contributed by atoms with Gasteiger partial charge in [0.2, 0.25) is 0 Å². The second-order valence-corrected chi connectivity index (χ2v) is 4.82. The molecule has 0 saturated heterocycles. The van der Waals surface area contributed by atoms with Gasteiger partial charge in [-0.25, -0.2) is 9.97 Å². The summed E-state index contributed by atoms with van der Waals surface area (Å²) >= 11 is 0. The number of hydrogen-bond donors (Lipinski definition) is 2. The largest absolute Gasteiger partial charge is 0.508 e. The average molecular weight is 280 g/mol. The van der Waals surface area contributed by atoms with E-state index in [2.05, 4.69) is 14.5 Å². The molecule has 0 unspecified atom stereocenters. The minimum atomic E-state index is 0.283. The van der Waals surface area contributed by atoms with Crippen LogP contribution >= 0.6 is 0 Å². The molecule has 0 fully saturated rings. The summed E-state index contributed by atoms with van der Waals surface area (Å²) in [7, 11) is 0. The standard InChI is InChI=1S/C16H16N4O/c17-16-14(2-1-8-19-16)15-10-18-11-20(15)9-7-12-3-5-13(21)6-4-12/h1-6,8,10-11,21H,7,9H2,(H2,17,19). The van der Waals surface area contributed by atoms with Crippen molar-refractivity contribution in [2.24, 2.45) is 0 Å². The van der Waals surface area contributed by atoms with Crippen molar-refractivity contribution in [3.05, 3.63) is 60.7 Å². The summed E-state index contributed by atoms with van der Waals surface area (Å²) < 4.78 is 2.06. The number of nitrogen functional groups attached to an aromatic ring is 1. The number of phenolic OH excluding ortho intramolecular Hbond substituents is 1.